The van der Waals surface area contributed by atoms with Crippen molar-refractivity contribution in [1.82, 2.24) is 14.8 Å². The maximum absolute atomic E-state index is 10.4. The maximum Gasteiger partial charge on any atom is 0.305 e. The van der Waals surface area contributed by atoms with Crippen molar-refractivity contribution in [1.29, 1.82) is 0 Å². The number of carbonyl (C=O) groups is 1. The second kappa shape index (κ2) is 4.97. The van der Waals surface area contributed by atoms with E-state index < -0.39 is 5.97 Å². The van der Waals surface area contributed by atoms with Crippen molar-refractivity contribution in [3.63, 3.8) is 0 Å². The van der Waals surface area contributed by atoms with Crippen molar-refractivity contribution < 1.29 is 9.90 Å². The molecule has 0 saturated heterocycles. The molecule has 6 heteroatoms. The molecular formula is C11H10ClN3O2. The molecule has 0 spiro atoms. The van der Waals surface area contributed by atoms with Crippen LogP contribution in [0.5, 0.6) is 0 Å². The van der Waals surface area contributed by atoms with E-state index in [1.807, 2.05) is 12.1 Å². The van der Waals surface area contributed by atoms with Gasteiger partial charge in [0.25, 0.3) is 0 Å². The van der Waals surface area contributed by atoms with E-state index in [9.17, 15) is 4.79 Å². The highest BCUT2D eigenvalue weighted by molar-refractivity contribution is 6.30. The van der Waals surface area contributed by atoms with Gasteiger partial charge in [-0.2, -0.15) is 5.10 Å². The number of benzene rings is 1. The van der Waals surface area contributed by atoms with E-state index in [0.717, 1.165) is 5.56 Å². The van der Waals surface area contributed by atoms with Crippen molar-refractivity contribution in [3.8, 4) is 11.4 Å². The summed E-state index contributed by atoms with van der Waals surface area (Å²) in [4.78, 5) is 14.5. The van der Waals surface area contributed by atoms with E-state index in [2.05, 4.69) is 10.1 Å². The van der Waals surface area contributed by atoms with E-state index in [0.29, 0.717) is 17.4 Å². The molecule has 0 amide bonds. The van der Waals surface area contributed by atoms with Crippen LogP contribution in [0, 0.1) is 0 Å². The van der Waals surface area contributed by atoms with Gasteiger partial charge in [0.1, 0.15) is 6.33 Å². The maximum atomic E-state index is 10.4. The molecule has 2 rings (SSSR count). The molecule has 17 heavy (non-hydrogen) atoms. The quantitative estimate of drug-likeness (QED) is 0.903. The number of hydrogen-bond acceptors (Lipinski definition) is 3. The molecule has 0 aliphatic heterocycles. The molecule has 1 N–H and O–H groups in total. The van der Waals surface area contributed by atoms with Gasteiger partial charge in [0, 0.05) is 10.6 Å². The van der Waals surface area contributed by atoms with Crippen molar-refractivity contribution in [3.05, 3.63) is 35.6 Å². The van der Waals surface area contributed by atoms with Crippen LogP contribution in [0.25, 0.3) is 11.4 Å². The van der Waals surface area contributed by atoms with Gasteiger partial charge in [0.2, 0.25) is 0 Å². The highest BCUT2D eigenvalue weighted by Crippen LogP contribution is 2.17. The van der Waals surface area contributed by atoms with E-state index in [-0.39, 0.29) is 6.42 Å². The molecule has 0 aliphatic rings. The van der Waals surface area contributed by atoms with Crippen LogP contribution >= 0.6 is 11.6 Å². The second-order valence-electron chi connectivity index (χ2n) is 3.48. The van der Waals surface area contributed by atoms with Crippen LogP contribution in [0.1, 0.15) is 6.42 Å². The number of nitrogens with zero attached hydrogens (tertiary/aromatic N) is 3. The zero-order valence-electron chi connectivity index (χ0n) is 8.88. The Balaban J connectivity index is 2.12. The number of rotatable bonds is 4. The SMILES string of the molecule is O=C(O)CCn1cnc(-c2ccc(Cl)cc2)n1. The Morgan fingerprint density at radius 3 is 2.71 bits per heavy atom. The fraction of sp³-hybridized carbons (Fsp3) is 0.182. The Bertz CT molecular complexity index is 522. The minimum atomic E-state index is -0.853. The topological polar surface area (TPSA) is 68.0 Å². The minimum absolute atomic E-state index is 0.0312. The third kappa shape index (κ3) is 3.04. The third-order valence-corrected chi connectivity index (χ3v) is 2.45. The normalized spacial score (nSPS) is 10.4. The monoisotopic (exact) mass is 251 g/mol. The van der Waals surface area contributed by atoms with Gasteiger partial charge in [0.15, 0.2) is 5.82 Å². The Hall–Kier alpha value is -1.88. The Kier molecular flexibility index (Phi) is 3.39. The van der Waals surface area contributed by atoms with Gasteiger partial charge in [0.05, 0.1) is 13.0 Å². The van der Waals surface area contributed by atoms with Gasteiger partial charge >= 0.3 is 5.97 Å². The molecule has 0 aliphatic carbocycles. The van der Waals surface area contributed by atoms with Gasteiger partial charge in [-0.3, -0.25) is 9.48 Å². The lowest BCUT2D eigenvalue weighted by Crippen LogP contribution is -2.04. The van der Waals surface area contributed by atoms with Gasteiger partial charge in [-0.1, -0.05) is 11.6 Å². The highest BCUT2D eigenvalue weighted by atomic mass is 35.5. The lowest BCUT2D eigenvalue weighted by atomic mass is 10.2. The Morgan fingerprint density at radius 2 is 2.06 bits per heavy atom. The third-order valence-electron chi connectivity index (χ3n) is 2.19. The highest BCUT2D eigenvalue weighted by Gasteiger charge is 2.05. The number of aryl methyl sites for hydroxylation is 1. The van der Waals surface area contributed by atoms with Crippen molar-refractivity contribution in [2.24, 2.45) is 0 Å². The summed E-state index contributed by atoms with van der Waals surface area (Å²) < 4.78 is 1.51. The van der Waals surface area contributed by atoms with Gasteiger partial charge in [-0.15, -0.1) is 0 Å². The molecule has 5 nitrogen and oxygen atoms in total. The molecular weight excluding hydrogens is 242 g/mol. The van der Waals surface area contributed by atoms with E-state index >= 15 is 0 Å². The molecule has 88 valence electrons. The summed E-state index contributed by atoms with van der Waals surface area (Å²) in [5.41, 5.74) is 0.850. The van der Waals surface area contributed by atoms with Crippen LogP contribution in [-0.2, 0) is 11.3 Å². The van der Waals surface area contributed by atoms with Gasteiger partial charge in [-0.05, 0) is 24.3 Å². The lowest BCUT2D eigenvalue weighted by molar-refractivity contribution is -0.137. The summed E-state index contributed by atoms with van der Waals surface area (Å²) >= 11 is 5.78. The molecule has 1 heterocycles. The number of aromatic nitrogens is 3. The molecule has 0 saturated carbocycles. The van der Waals surface area contributed by atoms with Crippen LogP contribution in [0.4, 0.5) is 0 Å². The predicted octanol–water partition coefficient (Wildman–Crippen LogP) is 2.07. The number of hydrogen-bond donors (Lipinski definition) is 1. The lowest BCUT2D eigenvalue weighted by Gasteiger charge is -1.97. The fourth-order valence-electron chi connectivity index (χ4n) is 1.34. The smallest absolute Gasteiger partial charge is 0.305 e. The summed E-state index contributed by atoms with van der Waals surface area (Å²) in [5, 5.41) is 13.4. The molecule has 0 radical (unpaired) electrons. The second-order valence-corrected chi connectivity index (χ2v) is 3.92. The predicted molar refractivity (Wildman–Crippen MR) is 62.7 cm³/mol. The standard InChI is InChI=1S/C11H10ClN3O2/c12-9-3-1-8(2-4-9)11-13-7-15(14-11)6-5-10(16)17/h1-4,7H,5-6H2,(H,16,17). The van der Waals surface area contributed by atoms with E-state index in [4.69, 9.17) is 16.7 Å². The van der Waals surface area contributed by atoms with Crippen LogP contribution in [-0.4, -0.2) is 25.8 Å². The zero-order chi connectivity index (χ0) is 12.3. The van der Waals surface area contributed by atoms with E-state index in [1.165, 1.54) is 11.0 Å². The van der Waals surface area contributed by atoms with Crippen LogP contribution in [0.2, 0.25) is 5.02 Å². The summed E-state index contributed by atoms with van der Waals surface area (Å²) in [5.74, 6) is -0.291. The first-order valence-corrected chi connectivity index (χ1v) is 5.40. The van der Waals surface area contributed by atoms with E-state index in [1.54, 1.807) is 12.1 Å². The van der Waals surface area contributed by atoms with Crippen LogP contribution in [0.15, 0.2) is 30.6 Å². The number of aliphatic carboxylic acids is 1. The minimum Gasteiger partial charge on any atom is -0.481 e. The van der Waals surface area contributed by atoms with Crippen LogP contribution in [0.3, 0.4) is 0 Å². The Labute approximate surface area is 103 Å². The average molecular weight is 252 g/mol. The Morgan fingerprint density at radius 1 is 1.35 bits per heavy atom. The van der Waals surface area contributed by atoms with Crippen molar-refractivity contribution in [2.75, 3.05) is 0 Å². The first-order chi connectivity index (χ1) is 8.15. The summed E-state index contributed by atoms with van der Waals surface area (Å²) in [6.07, 6.45) is 1.55. The average Bonchev–Trinajstić information content (AvgIpc) is 2.76. The number of carboxylic acids is 1. The van der Waals surface area contributed by atoms with Crippen molar-refractivity contribution >= 4 is 17.6 Å². The molecule has 2 aromatic rings. The molecule has 0 unspecified atom stereocenters. The fourth-order valence-corrected chi connectivity index (χ4v) is 1.47. The summed E-state index contributed by atoms with van der Waals surface area (Å²) in [6.45, 7) is 0.315. The first kappa shape index (κ1) is 11.6. The molecule has 1 aromatic carbocycles. The molecule has 0 atom stereocenters. The molecule has 0 fully saturated rings. The largest absolute Gasteiger partial charge is 0.481 e. The van der Waals surface area contributed by atoms with Gasteiger partial charge in [-0.25, -0.2) is 4.98 Å². The number of carboxylic acid groups (broad SMARTS) is 1. The zero-order valence-corrected chi connectivity index (χ0v) is 9.63. The first-order valence-electron chi connectivity index (χ1n) is 5.02. The molecule has 0 bridgehead atoms. The molecule has 1 aromatic heterocycles. The summed E-state index contributed by atoms with van der Waals surface area (Å²) in [6, 6.07) is 7.15. The van der Waals surface area contributed by atoms with Crippen molar-refractivity contribution in [2.45, 2.75) is 13.0 Å². The van der Waals surface area contributed by atoms with Crippen LogP contribution < -0.4 is 0 Å². The summed E-state index contributed by atoms with van der Waals surface area (Å²) in [7, 11) is 0. The van der Waals surface area contributed by atoms with Gasteiger partial charge < -0.3 is 5.11 Å². The number of halogens is 1.